The monoisotopic (exact) mass is 345 g/mol. The van der Waals surface area contributed by atoms with E-state index in [1.165, 1.54) is 0 Å². The lowest BCUT2D eigenvalue weighted by atomic mass is 9.84. The van der Waals surface area contributed by atoms with Crippen LogP contribution in [-0.4, -0.2) is 17.0 Å². The van der Waals surface area contributed by atoms with Crippen LogP contribution in [0, 0.1) is 5.41 Å². The van der Waals surface area contributed by atoms with E-state index < -0.39 is 11.4 Å². The largest absolute Gasteiger partial charge is 0.481 e. The second kappa shape index (κ2) is 7.49. The molecular formula is C19H20ClNO3. The maximum absolute atomic E-state index is 12.6. The fraction of sp³-hybridized carbons (Fsp3) is 0.263. The van der Waals surface area contributed by atoms with E-state index in [0.29, 0.717) is 22.7 Å². The fourth-order valence-electron chi connectivity index (χ4n) is 2.47. The zero-order valence-corrected chi connectivity index (χ0v) is 14.4. The maximum atomic E-state index is 12.6. The van der Waals surface area contributed by atoms with Gasteiger partial charge in [0, 0.05) is 16.1 Å². The highest BCUT2D eigenvalue weighted by Crippen LogP contribution is 2.25. The lowest BCUT2D eigenvalue weighted by Gasteiger charge is -2.24. The molecule has 0 bridgehead atoms. The highest BCUT2D eigenvalue weighted by molar-refractivity contribution is 6.30. The Bertz CT molecular complexity index is 756. The van der Waals surface area contributed by atoms with E-state index in [1.807, 2.05) is 32.0 Å². The fourth-order valence-corrected chi connectivity index (χ4v) is 2.68. The lowest BCUT2D eigenvalue weighted by molar-refractivity contribution is -0.136. The van der Waals surface area contributed by atoms with Gasteiger partial charge in [0.25, 0.3) is 0 Å². The Kier molecular flexibility index (Phi) is 5.62. The molecule has 1 amide bonds. The number of anilines is 1. The van der Waals surface area contributed by atoms with E-state index in [1.54, 1.807) is 30.3 Å². The van der Waals surface area contributed by atoms with Crippen molar-refractivity contribution in [3.63, 3.8) is 0 Å². The number of rotatable bonds is 6. The van der Waals surface area contributed by atoms with Gasteiger partial charge in [-0.05, 0) is 41.8 Å². The molecule has 2 rings (SSSR count). The van der Waals surface area contributed by atoms with Crippen LogP contribution in [0.25, 0.3) is 0 Å². The predicted molar refractivity (Wildman–Crippen MR) is 95.3 cm³/mol. The first-order valence-electron chi connectivity index (χ1n) is 7.63. The van der Waals surface area contributed by atoms with Crippen molar-refractivity contribution >= 4 is 29.2 Å². The highest BCUT2D eigenvalue weighted by atomic mass is 35.5. The van der Waals surface area contributed by atoms with Crippen LogP contribution in [0.5, 0.6) is 0 Å². The average Bonchev–Trinajstić information content (AvgIpc) is 2.46. The average molecular weight is 346 g/mol. The topological polar surface area (TPSA) is 66.4 Å². The van der Waals surface area contributed by atoms with Gasteiger partial charge in [-0.15, -0.1) is 0 Å². The number of carboxylic acid groups (broad SMARTS) is 1. The maximum Gasteiger partial charge on any atom is 0.307 e. The first-order valence-corrected chi connectivity index (χ1v) is 8.01. The molecule has 2 aromatic carbocycles. The molecule has 0 unspecified atom stereocenters. The quantitative estimate of drug-likeness (QED) is 0.825. The molecule has 126 valence electrons. The molecule has 0 aliphatic carbocycles. The van der Waals surface area contributed by atoms with Crippen LogP contribution in [-0.2, 0) is 22.4 Å². The van der Waals surface area contributed by atoms with Gasteiger partial charge >= 0.3 is 5.97 Å². The summed E-state index contributed by atoms with van der Waals surface area (Å²) in [5, 5.41) is 12.4. The molecule has 24 heavy (non-hydrogen) atoms. The van der Waals surface area contributed by atoms with E-state index >= 15 is 0 Å². The van der Waals surface area contributed by atoms with Gasteiger partial charge in [0.05, 0.1) is 6.42 Å². The predicted octanol–water partition coefficient (Wildman–Crippen LogP) is 4.17. The summed E-state index contributed by atoms with van der Waals surface area (Å²) < 4.78 is 0. The van der Waals surface area contributed by atoms with Gasteiger partial charge in [0.2, 0.25) is 5.91 Å². The molecule has 0 fully saturated rings. The summed E-state index contributed by atoms with van der Waals surface area (Å²) in [5.74, 6) is -1.03. The Morgan fingerprint density at radius 3 is 2.42 bits per heavy atom. The molecule has 0 aromatic heterocycles. The summed E-state index contributed by atoms with van der Waals surface area (Å²) in [6, 6.07) is 14.3. The van der Waals surface area contributed by atoms with Gasteiger partial charge in [-0.1, -0.05) is 49.7 Å². The third-order valence-corrected chi connectivity index (χ3v) is 3.93. The van der Waals surface area contributed by atoms with Crippen molar-refractivity contribution in [3.8, 4) is 0 Å². The van der Waals surface area contributed by atoms with Crippen LogP contribution in [0.3, 0.4) is 0 Å². The van der Waals surface area contributed by atoms with Gasteiger partial charge in [0.15, 0.2) is 0 Å². The number of benzene rings is 2. The van der Waals surface area contributed by atoms with Crippen LogP contribution in [0.4, 0.5) is 5.69 Å². The SMILES string of the molecule is CC(C)(Cc1cccc(Cl)c1)C(=O)Nc1cccc(CC(=O)O)c1. The highest BCUT2D eigenvalue weighted by Gasteiger charge is 2.28. The van der Waals surface area contributed by atoms with Crippen LogP contribution in [0.2, 0.25) is 5.02 Å². The second-order valence-corrected chi connectivity index (χ2v) is 6.85. The number of nitrogens with one attached hydrogen (secondary N) is 1. The summed E-state index contributed by atoms with van der Waals surface area (Å²) in [4.78, 5) is 23.4. The minimum absolute atomic E-state index is 0.0738. The number of hydrogen-bond acceptors (Lipinski definition) is 2. The number of carbonyl (C=O) groups excluding carboxylic acids is 1. The third-order valence-electron chi connectivity index (χ3n) is 3.69. The summed E-state index contributed by atoms with van der Waals surface area (Å²) in [6.07, 6.45) is 0.476. The van der Waals surface area contributed by atoms with E-state index in [4.69, 9.17) is 16.7 Å². The van der Waals surface area contributed by atoms with Gasteiger partial charge in [-0.3, -0.25) is 9.59 Å². The van der Waals surface area contributed by atoms with Gasteiger partial charge in [0.1, 0.15) is 0 Å². The van der Waals surface area contributed by atoms with Crippen LogP contribution in [0.1, 0.15) is 25.0 Å². The number of carboxylic acids is 1. The van der Waals surface area contributed by atoms with E-state index in [0.717, 1.165) is 5.56 Å². The Morgan fingerprint density at radius 1 is 1.08 bits per heavy atom. The summed E-state index contributed by atoms with van der Waals surface area (Å²) in [7, 11) is 0. The zero-order chi connectivity index (χ0) is 17.7. The van der Waals surface area contributed by atoms with Gasteiger partial charge < -0.3 is 10.4 Å². The van der Waals surface area contributed by atoms with Crippen molar-refractivity contribution in [3.05, 3.63) is 64.7 Å². The van der Waals surface area contributed by atoms with E-state index in [-0.39, 0.29) is 12.3 Å². The third kappa shape index (κ3) is 5.10. The Hall–Kier alpha value is -2.33. The summed E-state index contributed by atoms with van der Waals surface area (Å²) in [5.41, 5.74) is 1.60. The van der Waals surface area contributed by atoms with Crippen LogP contribution < -0.4 is 5.32 Å². The van der Waals surface area contributed by atoms with Crippen molar-refractivity contribution in [2.45, 2.75) is 26.7 Å². The minimum Gasteiger partial charge on any atom is -0.481 e. The van der Waals surface area contributed by atoms with Crippen molar-refractivity contribution in [2.24, 2.45) is 5.41 Å². The van der Waals surface area contributed by atoms with Crippen molar-refractivity contribution in [1.82, 2.24) is 0 Å². The molecule has 0 aliphatic rings. The number of carbonyl (C=O) groups is 2. The normalized spacial score (nSPS) is 11.1. The Labute approximate surface area is 146 Å². The molecule has 2 aromatic rings. The van der Waals surface area contributed by atoms with Crippen molar-refractivity contribution < 1.29 is 14.7 Å². The van der Waals surface area contributed by atoms with Crippen LogP contribution in [0.15, 0.2) is 48.5 Å². The first-order chi connectivity index (χ1) is 11.3. The Balaban J connectivity index is 2.08. The van der Waals surface area contributed by atoms with Crippen molar-refractivity contribution in [1.29, 1.82) is 0 Å². The van der Waals surface area contributed by atoms with Crippen LogP contribution >= 0.6 is 11.6 Å². The number of halogens is 1. The van der Waals surface area contributed by atoms with E-state index in [2.05, 4.69) is 5.32 Å². The number of amides is 1. The number of aliphatic carboxylic acids is 1. The summed E-state index contributed by atoms with van der Waals surface area (Å²) in [6.45, 7) is 3.73. The van der Waals surface area contributed by atoms with Crippen molar-refractivity contribution in [2.75, 3.05) is 5.32 Å². The molecule has 2 N–H and O–H groups in total. The molecular weight excluding hydrogens is 326 g/mol. The molecule has 0 saturated carbocycles. The standard InChI is InChI=1S/C19H20ClNO3/c1-19(2,12-14-6-3-7-15(20)9-14)18(24)21-16-8-4-5-13(10-16)11-17(22)23/h3-10H,11-12H2,1-2H3,(H,21,24)(H,22,23). The minimum atomic E-state index is -0.903. The summed E-state index contributed by atoms with van der Waals surface area (Å²) >= 11 is 5.99. The molecule has 5 heteroatoms. The smallest absolute Gasteiger partial charge is 0.307 e. The van der Waals surface area contributed by atoms with Gasteiger partial charge in [-0.25, -0.2) is 0 Å². The molecule has 0 spiro atoms. The Morgan fingerprint density at radius 2 is 1.75 bits per heavy atom. The molecule has 0 radical (unpaired) electrons. The zero-order valence-electron chi connectivity index (χ0n) is 13.7. The first kappa shape index (κ1) is 18.0. The molecule has 4 nitrogen and oxygen atoms in total. The lowest BCUT2D eigenvalue weighted by Crippen LogP contribution is -2.32. The second-order valence-electron chi connectivity index (χ2n) is 6.42. The molecule has 0 saturated heterocycles. The molecule has 0 heterocycles. The van der Waals surface area contributed by atoms with Gasteiger partial charge in [-0.2, -0.15) is 0 Å². The van der Waals surface area contributed by atoms with E-state index in [9.17, 15) is 9.59 Å². The molecule has 0 aliphatic heterocycles. The number of hydrogen-bond donors (Lipinski definition) is 2. The molecule has 0 atom stereocenters.